The van der Waals surface area contributed by atoms with E-state index in [2.05, 4.69) is 11.1 Å². The second kappa shape index (κ2) is 7.25. The molecule has 7 heteroatoms. The molecule has 0 saturated heterocycles. The zero-order valence-electron chi connectivity index (χ0n) is 14.8. The van der Waals surface area contributed by atoms with Crippen LogP contribution in [-0.2, 0) is 6.54 Å². The van der Waals surface area contributed by atoms with Crippen molar-refractivity contribution in [2.45, 2.75) is 6.54 Å². The lowest BCUT2D eigenvalue weighted by Crippen LogP contribution is -1.98. The molecule has 134 valence electrons. The summed E-state index contributed by atoms with van der Waals surface area (Å²) in [6, 6.07) is 11.1. The van der Waals surface area contributed by atoms with Crippen molar-refractivity contribution >= 4 is 10.9 Å². The maximum atomic E-state index is 9.40. The van der Waals surface area contributed by atoms with Gasteiger partial charge in [0, 0.05) is 35.3 Å². The fourth-order valence-corrected chi connectivity index (χ4v) is 2.82. The molecule has 0 amide bonds. The number of benzene rings is 2. The predicted octanol–water partition coefficient (Wildman–Crippen LogP) is 3.32. The number of ether oxygens (including phenoxy) is 4. The molecule has 3 N–H and O–H groups in total. The number of H-pyrrole nitrogens is 1. The van der Waals surface area contributed by atoms with Gasteiger partial charge in [0.25, 0.3) is 0 Å². The van der Waals surface area contributed by atoms with Gasteiger partial charge in [0.05, 0.1) is 26.9 Å². The first-order valence-corrected chi connectivity index (χ1v) is 7.87. The van der Waals surface area contributed by atoms with Crippen LogP contribution in [0.2, 0.25) is 0 Å². The third-order valence-electron chi connectivity index (χ3n) is 4.04. The Morgan fingerprint density at radius 1 is 1.00 bits per heavy atom. The Kier molecular flexibility index (Phi) is 4.87. The van der Waals surface area contributed by atoms with Crippen molar-refractivity contribution in [2.24, 2.45) is 5.73 Å². The zero-order chi connectivity index (χ0) is 18.7. The Morgan fingerprint density at radius 2 is 1.69 bits per heavy atom. The van der Waals surface area contributed by atoms with Gasteiger partial charge in [-0.3, -0.25) is 0 Å². The van der Waals surface area contributed by atoms with E-state index >= 15 is 0 Å². The van der Waals surface area contributed by atoms with E-state index in [4.69, 9.17) is 24.7 Å². The van der Waals surface area contributed by atoms with Crippen LogP contribution in [0.5, 0.6) is 28.7 Å². The minimum atomic E-state index is 0.265. The van der Waals surface area contributed by atoms with E-state index in [9.17, 15) is 5.26 Å². The first kappa shape index (κ1) is 17.5. The lowest BCUT2D eigenvalue weighted by Gasteiger charge is -2.14. The van der Waals surface area contributed by atoms with E-state index in [1.165, 1.54) is 0 Å². The van der Waals surface area contributed by atoms with Gasteiger partial charge in [-0.05, 0) is 18.2 Å². The normalized spacial score (nSPS) is 10.4. The number of nitrogens with zero attached hydrogens (tertiary/aromatic N) is 1. The molecule has 0 bridgehead atoms. The van der Waals surface area contributed by atoms with Gasteiger partial charge in [-0.2, -0.15) is 5.26 Å². The Bertz CT molecular complexity index is 963. The van der Waals surface area contributed by atoms with Crippen LogP contribution in [0.15, 0.2) is 30.3 Å². The molecule has 0 aliphatic carbocycles. The van der Waals surface area contributed by atoms with E-state index in [1.54, 1.807) is 39.5 Å². The average Bonchev–Trinajstić information content (AvgIpc) is 3.03. The number of aromatic nitrogens is 1. The standard InChI is InChI=1S/C19H19N3O4/c1-23-17-7-12(8-18(24-2)19(17)25-3)26-11-4-5-15-13(6-11)14(9-20)16(10-21)22-15/h4-8,22H,10,21H2,1-3H3. The number of fused-ring (bicyclic) bond motifs is 1. The molecule has 1 aromatic heterocycles. The quantitative estimate of drug-likeness (QED) is 0.705. The number of nitrogens with one attached hydrogen (secondary N) is 1. The number of nitriles is 1. The molecule has 2 aromatic carbocycles. The van der Waals surface area contributed by atoms with Gasteiger partial charge in [0.1, 0.15) is 17.6 Å². The first-order chi connectivity index (χ1) is 12.6. The number of nitrogens with two attached hydrogens (primary N) is 1. The minimum Gasteiger partial charge on any atom is -0.493 e. The van der Waals surface area contributed by atoms with Crippen LogP contribution in [0.4, 0.5) is 0 Å². The van der Waals surface area contributed by atoms with Crippen LogP contribution in [0.1, 0.15) is 11.3 Å². The summed E-state index contributed by atoms with van der Waals surface area (Å²) < 4.78 is 21.9. The number of aromatic amines is 1. The third kappa shape index (κ3) is 2.98. The molecule has 3 rings (SSSR count). The Hall–Kier alpha value is -3.37. The van der Waals surface area contributed by atoms with E-state index < -0.39 is 0 Å². The zero-order valence-corrected chi connectivity index (χ0v) is 14.8. The molecule has 0 aliphatic rings. The van der Waals surface area contributed by atoms with Gasteiger partial charge in [-0.1, -0.05) is 0 Å². The van der Waals surface area contributed by atoms with Gasteiger partial charge >= 0.3 is 0 Å². The van der Waals surface area contributed by atoms with E-state index in [0.29, 0.717) is 40.0 Å². The summed E-state index contributed by atoms with van der Waals surface area (Å²) in [5.74, 6) is 2.57. The number of hydrogen-bond donors (Lipinski definition) is 2. The topological polar surface area (TPSA) is 103 Å². The summed E-state index contributed by atoms with van der Waals surface area (Å²) in [6.07, 6.45) is 0. The molecule has 0 unspecified atom stereocenters. The van der Waals surface area contributed by atoms with Crippen molar-refractivity contribution in [3.05, 3.63) is 41.6 Å². The molecular formula is C19H19N3O4. The van der Waals surface area contributed by atoms with Gasteiger partial charge in [0.2, 0.25) is 5.75 Å². The summed E-state index contributed by atoms with van der Waals surface area (Å²) in [4.78, 5) is 3.15. The lowest BCUT2D eigenvalue weighted by molar-refractivity contribution is 0.321. The summed E-state index contributed by atoms with van der Waals surface area (Å²) >= 11 is 0. The molecular weight excluding hydrogens is 334 g/mol. The molecule has 1 heterocycles. The maximum Gasteiger partial charge on any atom is 0.203 e. The maximum absolute atomic E-state index is 9.40. The molecule has 0 spiro atoms. The Labute approximate surface area is 150 Å². The fraction of sp³-hybridized carbons (Fsp3) is 0.211. The largest absolute Gasteiger partial charge is 0.493 e. The SMILES string of the molecule is COc1cc(Oc2ccc3[nH]c(CN)c(C#N)c3c2)cc(OC)c1OC. The van der Waals surface area contributed by atoms with Gasteiger partial charge in [-0.15, -0.1) is 0 Å². The molecule has 0 saturated carbocycles. The second-order valence-electron chi connectivity index (χ2n) is 5.46. The summed E-state index contributed by atoms with van der Waals surface area (Å²) in [6.45, 7) is 0.265. The fourth-order valence-electron chi connectivity index (χ4n) is 2.82. The van der Waals surface area contributed by atoms with Crippen molar-refractivity contribution in [1.82, 2.24) is 4.98 Å². The predicted molar refractivity (Wildman–Crippen MR) is 97.1 cm³/mol. The van der Waals surface area contributed by atoms with Crippen LogP contribution in [0, 0.1) is 11.3 Å². The summed E-state index contributed by atoms with van der Waals surface area (Å²) in [5, 5.41) is 10.2. The van der Waals surface area contributed by atoms with Crippen LogP contribution in [-0.4, -0.2) is 26.3 Å². The van der Waals surface area contributed by atoms with Crippen molar-refractivity contribution in [3.8, 4) is 34.8 Å². The van der Waals surface area contributed by atoms with Crippen LogP contribution in [0.3, 0.4) is 0 Å². The highest BCUT2D eigenvalue weighted by atomic mass is 16.5. The minimum absolute atomic E-state index is 0.265. The van der Waals surface area contributed by atoms with Crippen molar-refractivity contribution < 1.29 is 18.9 Å². The number of rotatable bonds is 6. The van der Waals surface area contributed by atoms with Crippen molar-refractivity contribution in [1.29, 1.82) is 5.26 Å². The molecule has 26 heavy (non-hydrogen) atoms. The average molecular weight is 353 g/mol. The van der Waals surface area contributed by atoms with Crippen LogP contribution in [0.25, 0.3) is 10.9 Å². The van der Waals surface area contributed by atoms with E-state index in [-0.39, 0.29) is 6.54 Å². The lowest BCUT2D eigenvalue weighted by atomic mass is 10.1. The highest BCUT2D eigenvalue weighted by Gasteiger charge is 2.15. The molecule has 0 radical (unpaired) electrons. The van der Waals surface area contributed by atoms with Gasteiger partial charge in [0.15, 0.2) is 11.5 Å². The molecule has 7 nitrogen and oxygen atoms in total. The smallest absolute Gasteiger partial charge is 0.203 e. The monoisotopic (exact) mass is 353 g/mol. The van der Waals surface area contributed by atoms with E-state index in [0.717, 1.165) is 10.9 Å². The van der Waals surface area contributed by atoms with Crippen LogP contribution < -0.4 is 24.7 Å². The van der Waals surface area contributed by atoms with E-state index in [1.807, 2.05) is 12.1 Å². The highest BCUT2D eigenvalue weighted by molar-refractivity contribution is 5.88. The van der Waals surface area contributed by atoms with Crippen molar-refractivity contribution in [2.75, 3.05) is 21.3 Å². The van der Waals surface area contributed by atoms with Gasteiger partial charge < -0.3 is 29.7 Å². The molecule has 0 atom stereocenters. The van der Waals surface area contributed by atoms with Gasteiger partial charge in [-0.25, -0.2) is 0 Å². The molecule has 0 aliphatic heterocycles. The number of hydrogen-bond acceptors (Lipinski definition) is 6. The second-order valence-corrected chi connectivity index (χ2v) is 5.46. The summed E-state index contributed by atoms with van der Waals surface area (Å²) in [5.41, 5.74) is 7.75. The van der Waals surface area contributed by atoms with Crippen LogP contribution >= 0.6 is 0 Å². The summed E-state index contributed by atoms with van der Waals surface area (Å²) in [7, 11) is 4.63. The molecule has 0 fully saturated rings. The first-order valence-electron chi connectivity index (χ1n) is 7.87. The molecule has 3 aromatic rings. The highest BCUT2D eigenvalue weighted by Crippen LogP contribution is 2.42. The Balaban J connectivity index is 2.02. The third-order valence-corrected chi connectivity index (χ3v) is 4.04. The number of methoxy groups -OCH3 is 3. The Morgan fingerprint density at radius 3 is 2.23 bits per heavy atom. The van der Waals surface area contributed by atoms with Crippen molar-refractivity contribution in [3.63, 3.8) is 0 Å².